The molecule has 0 rings (SSSR count). The molecule has 0 aromatic rings. The van der Waals surface area contributed by atoms with Crippen LogP contribution < -0.4 is 0 Å². The smallest absolute Gasteiger partial charge is 0.725 e. The Balaban J connectivity index is -0.000000256. The molecular formula is O14S4Ti. The third kappa shape index (κ3) is 32.1. The molecule has 0 saturated heterocycles. The zero-order chi connectivity index (χ0) is 15.4. The molecule has 0 radical (unpaired) electrons. The van der Waals surface area contributed by atoms with E-state index in [1.165, 1.54) is 0 Å². The molecule has 0 atom stereocenters. The maximum atomic E-state index is 9.29. The topological polar surface area (TPSA) is 247 Å². The van der Waals surface area contributed by atoms with Crippen molar-refractivity contribution in [2.45, 2.75) is 0 Å². The molecule has 0 aliphatic carbocycles. The van der Waals surface area contributed by atoms with E-state index in [0.29, 0.717) is 0 Å². The first kappa shape index (κ1) is 24.3. The Labute approximate surface area is 122 Å². The molecule has 19 heavy (non-hydrogen) atoms. The van der Waals surface area contributed by atoms with Crippen molar-refractivity contribution in [3.63, 3.8) is 0 Å². The second kappa shape index (κ2) is 7.90. The number of hydrogen-bond donors (Lipinski definition) is 0. The largest absolute Gasteiger partial charge is 4.00 e. The van der Waals surface area contributed by atoms with Crippen LogP contribution in [0.3, 0.4) is 0 Å². The molecule has 19 heteroatoms. The van der Waals surface area contributed by atoms with E-state index in [2.05, 4.69) is 7.26 Å². The first-order valence-corrected chi connectivity index (χ1v) is 8.00. The van der Waals surface area contributed by atoms with Crippen LogP contribution in [0.1, 0.15) is 0 Å². The molecule has 0 N–H and O–H groups in total. The quantitative estimate of drug-likeness (QED) is 0.247. The normalized spacial score (nSPS) is 12.8. The summed E-state index contributed by atoms with van der Waals surface area (Å²) in [5, 5.41) is 0. The zero-order valence-corrected chi connectivity index (χ0v) is 12.7. The summed E-state index contributed by atoms with van der Waals surface area (Å²) in [5.41, 5.74) is 0. The van der Waals surface area contributed by atoms with Crippen molar-refractivity contribution in [2.75, 3.05) is 0 Å². The fraction of sp³-hybridized carbons (Fsp3) is 0. The van der Waals surface area contributed by atoms with Crippen LogP contribution in [0.2, 0.25) is 0 Å². The molecule has 0 heterocycles. The Morgan fingerprint density at radius 2 is 0.579 bits per heavy atom. The van der Waals surface area contributed by atoms with E-state index < -0.39 is 41.6 Å². The molecule has 14 nitrogen and oxygen atoms in total. The van der Waals surface area contributed by atoms with Gasteiger partial charge < -0.3 is 18.2 Å². The van der Waals surface area contributed by atoms with E-state index in [-0.39, 0.29) is 21.7 Å². The van der Waals surface area contributed by atoms with Crippen LogP contribution in [0.4, 0.5) is 0 Å². The Bertz CT molecular complexity index is 532. The third-order valence-electron chi connectivity index (χ3n) is 0.333. The van der Waals surface area contributed by atoms with Crippen LogP contribution >= 0.6 is 0 Å². The minimum atomic E-state index is -5.43. The minimum Gasteiger partial charge on any atom is -0.725 e. The van der Waals surface area contributed by atoms with E-state index in [1.54, 1.807) is 0 Å². The van der Waals surface area contributed by atoms with Crippen molar-refractivity contribution in [2.24, 2.45) is 0 Å². The average molecular weight is 400 g/mol. The van der Waals surface area contributed by atoms with Crippen molar-refractivity contribution >= 4 is 41.6 Å². The van der Waals surface area contributed by atoms with E-state index in [0.717, 1.165) is 0 Å². The number of hydrogen-bond acceptors (Lipinski definition) is 14. The van der Waals surface area contributed by atoms with Crippen molar-refractivity contribution in [3.8, 4) is 0 Å². The molecule has 0 spiro atoms. The molecule has 0 saturated carbocycles. The van der Waals surface area contributed by atoms with Gasteiger partial charge in [0.05, 0.1) is 0 Å². The Morgan fingerprint density at radius 1 is 0.474 bits per heavy atom. The SMILES string of the molecule is O=S(=O)([O-])OS(=O)(=O)[O-].O=S(=O)([O-])OS(=O)(=O)[O-].[Ti+4]. The van der Waals surface area contributed by atoms with Crippen molar-refractivity contribution < 1.29 is 80.9 Å². The summed E-state index contributed by atoms with van der Waals surface area (Å²) in [7, 11) is -21.7. The van der Waals surface area contributed by atoms with E-state index in [4.69, 9.17) is 0 Å². The minimum absolute atomic E-state index is 0. The van der Waals surface area contributed by atoms with Crippen molar-refractivity contribution in [1.82, 2.24) is 0 Å². The predicted octanol–water partition coefficient (Wildman–Crippen LogP) is -4.16. The summed E-state index contributed by atoms with van der Waals surface area (Å²) in [6.07, 6.45) is 0. The monoisotopic (exact) mass is 400 g/mol. The molecule has 0 unspecified atom stereocenters. The Hall–Kier alpha value is 0.274. The van der Waals surface area contributed by atoms with Gasteiger partial charge in [0.25, 0.3) is 0 Å². The average Bonchev–Trinajstić information content (AvgIpc) is 1.64. The molecule has 0 aromatic carbocycles. The van der Waals surface area contributed by atoms with E-state index in [1.807, 2.05) is 0 Å². The molecule has 0 bridgehead atoms. The number of rotatable bonds is 4. The summed E-state index contributed by atoms with van der Waals surface area (Å²) in [6.45, 7) is 0. The van der Waals surface area contributed by atoms with Gasteiger partial charge in [-0.3, -0.25) is 0 Å². The van der Waals surface area contributed by atoms with Crippen LogP contribution in [0.15, 0.2) is 0 Å². The molecule has 0 aliphatic rings. The summed E-state index contributed by atoms with van der Waals surface area (Å²) >= 11 is 0. The van der Waals surface area contributed by atoms with Gasteiger partial charge >= 0.3 is 21.7 Å². The van der Waals surface area contributed by atoms with E-state index >= 15 is 0 Å². The maximum absolute atomic E-state index is 9.29. The predicted molar refractivity (Wildman–Crippen MR) is 41.0 cm³/mol. The van der Waals surface area contributed by atoms with Crippen LogP contribution in [0, 0.1) is 0 Å². The van der Waals surface area contributed by atoms with Gasteiger partial charge in [0.2, 0.25) is 41.6 Å². The third-order valence-corrected chi connectivity index (χ3v) is 3.00. The summed E-state index contributed by atoms with van der Waals surface area (Å²) in [4.78, 5) is 0. The van der Waals surface area contributed by atoms with Gasteiger partial charge in [-0.25, -0.2) is 33.7 Å². The van der Waals surface area contributed by atoms with Gasteiger partial charge in [0.15, 0.2) is 0 Å². The summed E-state index contributed by atoms with van der Waals surface area (Å²) < 4.78 is 116. The van der Waals surface area contributed by atoms with Crippen LogP contribution in [-0.4, -0.2) is 51.9 Å². The Kier molecular flexibility index (Phi) is 10.1. The van der Waals surface area contributed by atoms with Crippen LogP contribution in [-0.2, 0) is 70.6 Å². The molecular weight excluding hydrogens is 400 g/mol. The fourth-order valence-corrected chi connectivity index (χ4v) is 1.84. The summed E-state index contributed by atoms with van der Waals surface area (Å²) in [6, 6.07) is 0. The second-order valence-electron chi connectivity index (χ2n) is 1.77. The van der Waals surface area contributed by atoms with Gasteiger partial charge in [-0.05, 0) is 0 Å². The fourth-order valence-electron chi connectivity index (χ4n) is 0.204. The van der Waals surface area contributed by atoms with Crippen LogP contribution in [0.25, 0.3) is 0 Å². The first-order chi connectivity index (χ1) is 7.41. The zero-order valence-electron chi connectivity index (χ0n) is 7.85. The molecule has 0 amide bonds. The molecule has 112 valence electrons. The second-order valence-corrected chi connectivity index (χ2v) is 6.12. The molecule has 0 aromatic heterocycles. The molecule has 0 fully saturated rings. The van der Waals surface area contributed by atoms with Gasteiger partial charge in [0.1, 0.15) is 0 Å². The summed E-state index contributed by atoms with van der Waals surface area (Å²) in [5.74, 6) is 0. The standard InChI is InChI=1S/2H2O7S2.Ti/c2*1-8(2,3)7-9(4,5)6;/h2*(H,1,2,3)(H,4,5,6);/q;;+4/p-4. The van der Waals surface area contributed by atoms with Gasteiger partial charge in [0, 0.05) is 0 Å². The van der Waals surface area contributed by atoms with Gasteiger partial charge in [-0.1, -0.05) is 0 Å². The maximum Gasteiger partial charge on any atom is 4.00 e. The van der Waals surface area contributed by atoms with Crippen molar-refractivity contribution in [3.05, 3.63) is 0 Å². The Morgan fingerprint density at radius 3 is 0.579 bits per heavy atom. The van der Waals surface area contributed by atoms with Gasteiger partial charge in [-0.15, -0.1) is 0 Å². The van der Waals surface area contributed by atoms with Crippen LogP contribution in [0.5, 0.6) is 0 Å². The van der Waals surface area contributed by atoms with E-state index in [9.17, 15) is 51.9 Å². The van der Waals surface area contributed by atoms with Crippen molar-refractivity contribution in [1.29, 1.82) is 0 Å². The molecule has 0 aliphatic heterocycles. The first-order valence-electron chi connectivity index (χ1n) is 2.67. The van der Waals surface area contributed by atoms with Gasteiger partial charge in [-0.2, -0.15) is 7.26 Å².